The molecule has 0 amide bonds. The summed E-state index contributed by atoms with van der Waals surface area (Å²) >= 11 is 1.49. The molecule has 0 aliphatic carbocycles. The number of carbonyl (C=O) groups excluding carboxylic acids is 1. The third-order valence-corrected chi connectivity index (χ3v) is 4.60. The molecule has 0 radical (unpaired) electrons. The van der Waals surface area contributed by atoms with Crippen LogP contribution in [0.1, 0.15) is 28.8 Å². The Labute approximate surface area is 133 Å². The lowest BCUT2D eigenvalue weighted by molar-refractivity contribution is -0.145. The predicted octanol–water partition coefficient (Wildman–Crippen LogP) is 2.39. The van der Waals surface area contributed by atoms with Gasteiger partial charge in [-0.2, -0.15) is 0 Å². The molecule has 2 heterocycles. The number of ether oxygens (including phenoxy) is 1. The molecule has 116 valence electrons. The third kappa shape index (κ3) is 3.13. The monoisotopic (exact) mass is 317 g/mol. The van der Waals surface area contributed by atoms with Crippen LogP contribution in [-0.2, 0) is 22.6 Å². The number of benzene rings is 1. The second-order valence-electron chi connectivity index (χ2n) is 5.34. The van der Waals surface area contributed by atoms with Crippen molar-refractivity contribution in [2.24, 2.45) is 0 Å². The lowest BCUT2D eigenvalue weighted by Gasteiger charge is -2.33. The van der Waals surface area contributed by atoms with E-state index in [-0.39, 0.29) is 11.9 Å². The Balaban J connectivity index is 1.82. The number of nitrogens with zero attached hydrogens (tertiary/aromatic N) is 2. The van der Waals surface area contributed by atoms with E-state index in [9.17, 15) is 4.79 Å². The number of carbonyl (C=O) groups is 1. The van der Waals surface area contributed by atoms with Crippen molar-refractivity contribution in [2.75, 3.05) is 18.9 Å². The highest BCUT2D eigenvalue weighted by Crippen LogP contribution is 2.31. The van der Waals surface area contributed by atoms with Gasteiger partial charge in [0.05, 0.1) is 12.5 Å². The summed E-state index contributed by atoms with van der Waals surface area (Å²) in [5, 5.41) is 0.578. The first-order valence-electron chi connectivity index (χ1n) is 7.34. The van der Waals surface area contributed by atoms with E-state index in [1.54, 1.807) is 6.20 Å². The van der Waals surface area contributed by atoms with Gasteiger partial charge < -0.3 is 10.5 Å². The van der Waals surface area contributed by atoms with Crippen LogP contribution >= 0.6 is 11.3 Å². The summed E-state index contributed by atoms with van der Waals surface area (Å²) in [4.78, 5) is 19.7. The van der Waals surface area contributed by atoms with E-state index >= 15 is 0 Å². The molecule has 1 atom stereocenters. The molecular formula is C16H19N3O2S. The summed E-state index contributed by atoms with van der Waals surface area (Å²) in [6, 6.07) is 8.09. The van der Waals surface area contributed by atoms with Gasteiger partial charge in [-0.1, -0.05) is 24.3 Å². The van der Waals surface area contributed by atoms with E-state index in [1.165, 1.54) is 16.9 Å². The SMILES string of the molecule is CCOC(=O)C1CN(Cc2cnc(N)s2)Cc2ccccc21. The number of hydrogen-bond donors (Lipinski definition) is 1. The highest BCUT2D eigenvalue weighted by Gasteiger charge is 2.31. The van der Waals surface area contributed by atoms with Gasteiger partial charge >= 0.3 is 5.97 Å². The molecule has 22 heavy (non-hydrogen) atoms. The van der Waals surface area contributed by atoms with Crippen LogP contribution in [-0.4, -0.2) is 29.0 Å². The number of esters is 1. The molecule has 1 aliphatic heterocycles. The minimum Gasteiger partial charge on any atom is -0.465 e. The lowest BCUT2D eigenvalue weighted by atomic mass is 9.90. The largest absolute Gasteiger partial charge is 0.465 e. The van der Waals surface area contributed by atoms with Crippen molar-refractivity contribution in [3.8, 4) is 0 Å². The van der Waals surface area contributed by atoms with Crippen LogP contribution in [0.25, 0.3) is 0 Å². The van der Waals surface area contributed by atoms with E-state index < -0.39 is 0 Å². The highest BCUT2D eigenvalue weighted by molar-refractivity contribution is 7.15. The molecule has 5 nitrogen and oxygen atoms in total. The highest BCUT2D eigenvalue weighted by atomic mass is 32.1. The van der Waals surface area contributed by atoms with Gasteiger partial charge in [-0.05, 0) is 18.1 Å². The molecule has 1 aromatic carbocycles. The topological polar surface area (TPSA) is 68.5 Å². The lowest BCUT2D eigenvalue weighted by Crippen LogP contribution is -2.37. The fourth-order valence-corrected chi connectivity index (χ4v) is 3.59. The van der Waals surface area contributed by atoms with Crippen LogP contribution in [0.4, 0.5) is 5.13 Å². The Morgan fingerprint density at radius 3 is 3.05 bits per heavy atom. The van der Waals surface area contributed by atoms with Gasteiger partial charge in [-0.25, -0.2) is 4.98 Å². The van der Waals surface area contributed by atoms with Crippen LogP contribution in [0.15, 0.2) is 30.5 Å². The number of aromatic nitrogens is 1. The van der Waals surface area contributed by atoms with Crippen molar-refractivity contribution in [1.29, 1.82) is 0 Å². The zero-order chi connectivity index (χ0) is 15.5. The number of hydrogen-bond acceptors (Lipinski definition) is 6. The van der Waals surface area contributed by atoms with E-state index in [0.29, 0.717) is 18.3 Å². The van der Waals surface area contributed by atoms with E-state index in [2.05, 4.69) is 16.0 Å². The average molecular weight is 317 g/mol. The summed E-state index contributed by atoms with van der Waals surface area (Å²) < 4.78 is 5.25. The molecule has 2 N–H and O–H groups in total. The molecular weight excluding hydrogens is 298 g/mol. The fraction of sp³-hybridized carbons (Fsp3) is 0.375. The Bertz CT molecular complexity index is 671. The predicted molar refractivity (Wildman–Crippen MR) is 86.5 cm³/mol. The molecule has 1 aromatic heterocycles. The minimum atomic E-state index is -0.227. The van der Waals surface area contributed by atoms with Crippen LogP contribution in [0.5, 0.6) is 0 Å². The number of fused-ring (bicyclic) bond motifs is 1. The van der Waals surface area contributed by atoms with Gasteiger partial charge in [0, 0.05) is 30.7 Å². The van der Waals surface area contributed by atoms with E-state index in [0.717, 1.165) is 23.5 Å². The molecule has 6 heteroatoms. The molecule has 3 rings (SSSR count). The van der Waals surface area contributed by atoms with Crippen molar-refractivity contribution < 1.29 is 9.53 Å². The van der Waals surface area contributed by atoms with Gasteiger partial charge in [0.1, 0.15) is 0 Å². The number of nitrogens with two attached hydrogens (primary N) is 1. The summed E-state index contributed by atoms with van der Waals surface area (Å²) in [7, 11) is 0. The molecule has 0 fully saturated rings. The normalized spacial score (nSPS) is 18.0. The number of rotatable bonds is 4. The molecule has 1 unspecified atom stereocenters. The van der Waals surface area contributed by atoms with Gasteiger partial charge in [0.15, 0.2) is 5.13 Å². The molecule has 0 saturated heterocycles. The van der Waals surface area contributed by atoms with Crippen LogP contribution < -0.4 is 5.73 Å². The van der Waals surface area contributed by atoms with Crippen molar-refractivity contribution in [2.45, 2.75) is 25.9 Å². The summed E-state index contributed by atoms with van der Waals surface area (Å²) in [5.41, 5.74) is 7.96. The first-order valence-corrected chi connectivity index (χ1v) is 8.16. The first-order chi connectivity index (χ1) is 10.7. The van der Waals surface area contributed by atoms with Gasteiger partial charge in [0.25, 0.3) is 0 Å². The third-order valence-electron chi connectivity index (χ3n) is 3.79. The standard InChI is InChI=1S/C16H19N3O2S/c1-2-21-15(20)14-10-19(9-12-7-18-16(17)22-12)8-11-5-3-4-6-13(11)14/h3-7,14H,2,8-10H2,1H3,(H2,17,18). The van der Waals surface area contributed by atoms with Crippen molar-refractivity contribution in [1.82, 2.24) is 9.88 Å². The smallest absolute Gasteiger partial charge is 0.314 e. The van der Waals surface area contributed by atoms with Gasteiger partial charge in [-0.15, -0.1) is 11.3 Å². The van der Waals surface area contributed by atoms with Crippen molar-refractivity contribution >= 4 is 22.4 Å². The van der Waals surface area contributed by atoms with Crippen molar-refractivity contribution in [3.63, 3.8) is 0 Å². The Morgan fingerprint density at radius 1 is 1.50 bits per heavy atom. The summed E-state index contributed by atoms with van der Waals surface area (Å²) in [6.45, 7) is 4.48. The molecule has 2 aromatic rings. The number of thiazole rings is 1. The van der Waals surface area contributed by atoms with Crippen LogP contribution in [0.2, 0.25) is 0 Å². The van der Waals surface area contributed by atoms with E-state index in [1.807, 2.05) is 25.1 Å². The van der Waals surface area contributed by atoms with Crippen LogP contribution in [0, 0.1) is 0 Å². The molecule has 1 aliphatic rings. The van der Waals surface area contributed by atoms with E-state index in [4.69, 9.17) is 10.5 Å². The zero-order valence-electron chi connectivity index (χ0n) is 12.5. The quantitative estimate of drug-likeness (QED) is 0.877. The summed E-state index contributed by atoms with van der Waals surface area (Å²) in [6.07, 6.45) is 1.81. The second kappa shape index (κ2) is 6.46. The number of anilines is 1. The fourth-order valence-electron chi connectivity index (χ4n) is 2.86. The second-order valence-corrected chi connectivity index (χ2v) is 6.48. The first kappa shape index (κ1) is 15.0. The maximum atomic E-state index is 12.3. The Kier molecular flexibility index (Phi) is 4.40. The van der Waals surface area contributed by atoms with Gasteiger partial charge in [0.2, 0.25) is 0 Å². The minimum absolute atomic E-state index is 0.150. The Hall–Kier alpha value is -1.92. The van der Waals surface area contributed by atoms with Crippen LogP contribution in [0.3, 0.4) is 0 Å². The molecule has 0 spiro atoms. The van der Waals surface area contributed by atoms with Crippen molar-refractivity contribution in [3.05, 3.63) is 46.5 Å². The molecule has 0 saturated carbocycles. The molecule has 0 bridgehead atoms. The van der Waals surface area contributed by atoms with Gasteiger partial charge in [-0.3, -0.25) is 9.69 Å². The average Bonchev–Trinajstić information content (AvgIpc) is 2.92. The number of nitrogen functional groups attached to an aromatic ring is 1. The Morgan fingerprint density at radius 2 is 2.32 bits per heavy atom. The summed E-state index contributed by atoms with van der Waals surface area (Å²) in [5.74, 6) is -0.376. The zero-order valence-corrected chi connectivity index (χ0v) is 13.3. The maximum Gasteiger partial charge on any atom is 0.314 e. The maximum absolute atomic E-state index is 12.3.